The topological polar surface area (TPSA) is 42.2 Å². The van der Waals surface area contributed by atoms with Crippen molar-refractivity contribution in [1.29, 1.82) is 0 Å². The van der Waals surface area contributed by atoms with Crippen LogP contribution in [0.4, 0.5) is 0 Å². The molecular weight excluding hydrogens is 214 g/mol. The highest BCUT2D eigenvalue weighted by molar-refractivity contribution is 5.91. The first kappa shape index (κ1) is 12.2. The predicted octanol–water partition coefficient (Wildman–Crippen LogP) is 3.37. The molecule has 1 aliphatic rings. The van der Waals surface area contributed by atoms with Crippen molar-refractivity contribution >= 4 is 5.91 Å². The SMILES string of the molecule is O=C(NCCCC1CCCCC1)c1ccco1. The summed E-state index contributed by atoms with van der Waals surface area (Å²) >= 11 is 0. The van der Waals surface area contributed by atoms with Crippen molar-refractivity contribution in [2.75, 3.05) is 6.54 Å². The number of carbonyl (C=O) groups is 1. The third-order valence-electron chi connectivity index (χ3n) is 3.54. The van der Waals surface area contributed by atoms with Crippen LogP contribution < -0.4 is 5.32 Å². The number of rotatable bonds is 5. The molecule has 1 heterocycles. The largest absolute Gasteiger partial charge is 0.459 e. The molecule has 0 bridgehead atoms. The standard InChI is InChI=1S/C14H21NO2/c16-14(13-9-5-11-17-13)15-10-4-8-12-6-2-1-3-7-12/h5,9,11-12H,1-4,6-8,10H2,(H,15,16). The van der Waals surface area contributed by atoms with Gasteiger partial charge in [-0.15, -0.1) is 0 Å². The van der Waals surface area contributed by atoms with Gasteiger partial charge in [0.15, 0.2) is 5.76 Å². The first-order chi connectivity index (χ1) is 8.36. The molecule has 0 aromatic carbocycles. The Bertz CT molecular complexity index is 326. The number of hydrogen-bond acceptors (Lipinski definition) is 2. The van der Waals surface area contributed by atoms with Crippen molar-refractivity contribution in [3.63, 3.8) is 0 Å². The maximum absolute atomic E-state index is 11.6. The minimum atomic E-state index is -0.0985. The Hall–Kier alpha value is -1.25. The summed E-state index contributed by atoms with van der Waals surface area (Å²) in [7, 11) is 0. The molecule has 94 valence electrons. The number of carbonyl (C=O) groups excluding carboxylic acids is 1. The predicted molar refractivity (Wildman–Crippen MR) is 66.9 cm³/mol. The van der Waals surface area contributed by atoms with Gasteiger partial charge >= 0.3 is 0 Å². The Labute approximate surface area is 103 Å². The van der Waals surface area contributed by atoms with Crippen molar-refractivity contribution in [3.8, 4) is 0 Å². The summed E-state index contributed by atoms with van der Waals surface area (Å²) in [4.78, 5) is 11.6. The van der Waals surface area contributed by atoms with Gasteiger partial charge in [-0.05, 0) is 30.9 Å². The van der Waals surface area contributed by atoms with Crippen LogP contribution in [0.2, 0.25) is 0 Å². The van der Waals surface area contributed by atoms with Crippen LogP contribution in [0.1, 0.15) is 55.5 Å². The summed E-state index contributed by atoms with van der Waals surface area (Å²) in [5.74, 6) is 1.20. The number of amides is 1. The van der Waals surface area contributed by atoms with Crippen LogP contribution in [0.5, 0.6) is 0 Å². The van der Waals surface area contributed by atoms with Gasteiger partial charge in [0.1, 0.15) is 0 Å². The maximum Gasteiger partial charge on any atom is 0.286 e. The number of furan rings is 1. The zero-order valence-electron chi connectivity index (χ0n) is 10.3. The Kier molecular flexibility index (Phi) is 4.65. The summed E-state index contributed by atoms with van der Waals surface area (Å²) in [5.41, 5.74) is 0. The molecule has 3 heteroatoms. The van der Waals surface area contributed by atoms with Crippen LogP contribution in [0.25, 0.3) is 0 Å². The van der Waals surface area contributed by atoms with Crippen LogP contribution in [0.3, 0.4) is 0 Å². The summed E-state index contributed by atoms with van der Waals surface area (Å²) in [6, 6.07) is 3.42. The fourth-order valence-electron chi connectivity index (χ4n) is 2.56. The molecule has 2 rings (SSSR count). The molecule has 1 aromatic heterocycles. The lowest BCUT2D eigenvalue weighted by molar-refractivity contribution is 0.0924. The lowest BCUT2D eigenvalue weighted by Crippen LogP contribution is -2.24. The van der Waals surface area contributed by atoms with E-state index in [1.165, 1.54) is 44.8 Å². The van der Waals surface area contributed by atoms with Gasteiger partial charge in [0.25, 0.3) is 5.91 Å². The molecular formula is C14H21NO2. The van der Waals surface area contributed by atoms with Gasteiger partial charge in [0, 0.05) is 6.54 Å². The molecule has 0 spiro atoms. The molecule has 0 radical (unpaired) electrons. The van der Waals surface area contributed by atoms with Gasteiger partial charge in [-0.3, -0.25) is 4.79 Å². The van der Waals surface area contributed by atoms with Crippen molar-refractivity contribution in [2.24, 2.45) is 5.92 Å². The molecule has 0 atom stereocenters. The zero-order valence-corrected chi connectivity index (χ0v) is 10.3. The highest BCUT2D eigenvalue weighted by Gasteiger charge is 2.13. The van der Waals surface area contributed by atoms with Gasteiger partial charge in [0.05, 0.1) is 6.26 Å². The maximum atomic E-state index is 11.6. The quantitative estimate of drug-likeness (QED) is 0.795. The fraction of sp³-hybridized carbons (Fsp3) is 0.643. The normalized spacial score (nSPS) is 16.9. The van der Waals surface area contributed by atoms with E-state index >= 15 is 0 Å². The lowest BCUT2D eigenvalue weighted by atomic mass is 9.86. The number of hydrogen-bond donors (Lipinski definition) is 1. The molecule has 1 aromatic rings. The molecule has 0 saturated heterocycles. The molecule has 17 heavy (non-hydrogen) atoms. The minimum absolute atomic E-state index is 0.0985. The van der Waals surface area contributed by atoms with E-state index in [1.54, 1.807) is 12.1 Å². The molecule has 1 aliphatic carbocycles. The molecule has 1 amide bonds. The third kappa shape index (κ3) is 3.91. The molecule has 1 N–H and O–H groups in total. The first-order valence-electron chi connectivity index (χ1n) is 6.68. The van der Waals surface area contributed by atoms with E-state index in [0.717, 1.165) is 18.9 Å². The summed E-state index contributed by atoms with van der Waals surface area (Å²) in [5, 5.41) is 2.89. The first-order valence-corrected chi connectivity index (χ1v) is 6.68. The summed E-state index contributed by atoms with van der Waals surface area (Å²) < 4.78 is 5.03. The molecule has 0 aliphatic heterocycles. The average molecular weight is 235 g/mol. The monoisotopic (exact) mass is 235 g/mol. The van der Waals surface area contributed by atoms with E-state index in [1.807, 2.05) is 0 Å². The Morgan fingerprint density at radius 3 is 2.88 bits per heavy atom. The third-order valence-corrected chi connectivity index (χ3v) is 3.54. The number of nitrogens with one attached hydrogen (secondary N) is 1. The van der Waals surface area contributed by atoms with Crippen LogP contribution in [0.15, 0.2) is 22.8 Å². The second kappa shape index (κ2) is 6.48. The van der Waals surface area contributed by atoms with E-state index in [4.69, 9.17) is 4.42 Å². The highest BCUT2D eigenvalue weighted by atomic mass is 16.3. The van der Waals surface area contributed by atoms with E-state index in [-0.39, 0.29) is 5.91 Å². The lowest BCUT2D eigenvalue weighted by Gasteiger charge is -2.21. The van der Waals surface area contributed by atoms with Crippen molar-refractivity contribution in [3.05, 3.63) is 24.2 Å². The van der Waals surface area contributed by atoms with E-state index in [0.29, 0.717) is 5.76 Å². The van der Waals surface area contributed by atoms with Crippen LogP contribution in [-0.2, 0) is 0 Å². The average Bonchev–Trinajstić information content (AvgIpc) is 2.89. The molecule has 3 nitrogen and oxygen atoms in total. The van der Waals surface area contributed by atoms with Gasteiger partial charge in [-0.2, -0.15) is 0 Å². The van der Waals surface area contributed by atoms with Gasteiger partial charge in [0.2, 0.25) is 0 Å². The van der Waals surface area contributed by atoms with Crippen LogP contribution in [0, 0.1) is 5.92 Å². The van der Waals surface area contributed by atoms with Crippen molar-refractivity contribution in [2.45, 2.75) is 44.9 Å². The molecule has 1 saturated carbocycles. The van der Waals surface area contributed by atoms with Crippen molar-refractivity contribution < 1.29 is 9.21 Å². The Morgan fingerprint density at radius 1 is 1.35 bits per heavy atom. The zero-order chi connectivity index (χ0) is 11.9. The van der Waals surface area contributed by atoms with Gasteiger partial charge in [-0.25, -0.2) is 0 Å². The van der Waals surface area contributed by atoms with Crippen LogP contribution >= 0.6 is 0 Å². The second-order valence-electron chi connectivity index (χ2n) is 4.88. The van der Waals surface area contributed by atoms with E-state index in [9.17, 15) is 4.79 Å². The smallest absolute Gasteiger partial charge is 0.286 e. The summed E-state index contributed by atoms with van der Waals surface area (Å²) in [6.45, 7) is 0.760. The highest BCUT2D eigenvalue weighted by Crippen LogP contribution is 2.26. The fourth-order valence-corrected chi connectivity index (χ4v) is 2.56. The summed E-state index contributed by atoms with van der Waals surface area (Å²) in [6.07, 6.45) is 10.8. The van der Waals surface area contributed by atoms with Crippen molar-refractivity contribution in [1.82, 2.24) is 5.32 Å². The Balaban J connectivity index is 1.58. The second-order valence-corrected chi connectivity index (χ2v) is 4.88. The minimum Gasteiger partial charge on any atom is -0.459 e. The Morgan fingerprint density at radius 2 is 2.18 bits per heavy atom. The molecule has 1 fully saturated rings. The van der Waals surface area contributed by atoms with E-state index < -0.39 is 0 Å². The van der Waals surface area contributed by atoms with E-state index in [2.05, 4.69) is 5.32 Å². The van der Waals surface area contributed by atoms with Gasteiger partial charge < -0.3 is 9.73 Å². The molecule has 0 unspecified atom stereocenters. The van der Waals surface area contributed by atoms with Gasteiger partial charge in [-0.1, -0.05) is 32.1 Å². The van der Waals surface area contributed by atoms with Crippen LogP contribution in [-0.4, -0.2) is 12.5 Å².